The van der Waals surface area contributed by atoms with Gasteiger partial charge in [-0.15, -0.1) is 0 Å². The summed E-state index contributed by atoms with van der Waals surface area (Å²) in [5.41, 5.74) is 5.35. The molecule has 2 aromatic rings. The Balaban J connectivity index is 1.69. The molecule has 1 unspecified atom stereocenters. The number of hydrogen-bond acceptors (Lipinski definition) is 2. The summed E-state index contributed by atoms with van der Waals surface area (Å²) >= 11 is 3.55. The fourth-order valence-electron chi connectivity index (χ4n) is 3.00. The van der Waals surface area contributed by atoms with Crippen molar-refractivity contribution in [3.8, 4) is 0 Å². The number of ether oxygens (including phenoxy) is 1. The lowest BCUT2D eigenvalue weighted by Crippen LogP contribution is -2.27. The molecule has 0 radical (unpaired) electrons. The van der Waals surface area contributed by atoms with Gasteiger partial charge in [-0.1, -0.05) is 34.1 Å². The molecular formula is C18H20BrNO. The predicted molar refractivity (Wildman–Crippen MR) is 90.7 cm³/mol. The molecule has 0 saturated carbocycles. The number of aryl methyl sites for hydroxylation is 1. The Morgan fingerprint density at radius 3 is 2.95 bits per heavy atom. The van der Waals surface area contributed by atoms with Crippen molar-refractivity contribution in [2.75, 3.05) is 12.4 Å². The van der Waals surface area contributed by atoms with Gasteiger partial charge in [0.2, 0.25) is 0 Å². The lowest BCUT2D eigenvalue weighted by Gasteiger charge is -2.26. The Bertz CT molecular complexity index is 626. The fourth-order valence-corrected chi connectivity index (χ4v) is 3.41. The zero-order valence-corrected chi connectivity index (χ0v) is 13.8. The van der Waals surface area contributed by atoms with Crippen molar-refractivity contribution in [3.05, 3.63) is 63.6 Å². The quantitative estimate of drug-likeness (QED) is 0.876. The van der Waals surface area contributed by atoms with Crippen LogP contribution in [0.3, 0.4) is 0 Å². The minimum atomic E-state index is 0.511. The highest BCUT2D eigenvalue weighted by Gasteiger charge is 2.18. The van der Waals surface area contributed by atoms with Crippen molar-refractivity contribution >= 4 is 21.6 Å². The zero-order chi connectivity index (χ0) is 14.7. The summed E-state index contributed by atoms with van der Waals surface area (Å²) in [6.07, 6.45) is 3.42. The van der Waals surface area contributed by atoms with E-state index in [1.807, 2.05) is 0 Å². The number of nitrogens with one attached hydrogen (secondary N) is 1. The van der Waals surface area contributed by atoms with Gasteiger partial charge < -0.3 is 10.1 Å². The van der Waals surface area contributed by atoms with E-state index in [0.717, 1.165) is 12.8 Å². The Hall–Kier alpha value is -1.32. The molecule has 0 amide bonds. The van der Waals surface area contributed by atoms with Crippen LogP contribution in [-0.2, 0) is 24.2 Å². The van der Waals surface area contributed by atoms with E-state index in [9.17, 15) is 0 Å². The topological polar surface area (TPSA) is 21.3 Å². The van der Waals surface area contributed by atoms with Gasteiger partial charge in [-0.05, 0) is 60.2 Å². The summed E-state index contributed by atoms with van der Waals surface area (Å²) in [5, 5.41) is 3.67. The molecule has 2 aromatic carbocycles. The number of rotatable bonds is 4. The van der Waals surface area contributed by atoms with Gasteiger partial charge in [0.05, 0.1) is 6.61 Å². The largest absolute Gasteiger partial charge is 0.382 e. The van der Waals surface area contributed by atoms with E-state index in [-0.39, 0.29) is 0 Å². The van der Waals surface area contributed by atoms with Crippen molar-refractivity contribution in [2.45, 2.75) is 31.9 Å². The van der Waals surface area contributed by atoms with E-state index in [4.69, 9.17) is 4.74 Å². The molecule has 110 valence electrons. The summed E-state index contributed by atoms with van der Waals surface area (Å²) in [7, 11) is 1.73. The zero-order valence-electron chi connectivity index (χ0n) is 12.2. The van der Waals surface area contributed by atoms with Gasteiger partial charge in [0, 0.05) is 23.3 Å². The number of benzene rings is 2. The first kappa shape index (κ1) is 14.6. The number of fused-ring (bicyclic) bond motifs is 1. The van der Waals surface area contributed by atoms with Crippen molar-refractivity contribution in [1.82, 2.24) is 0 Å². The summed E-state index contributed by atoms with van der Waals surface area (Å²) < 4.78 is 6.38. The molecule has 3 heteroatoms. The third-order valence-corrected chi connectivity index (χ3v) is 4.50. The van der Waals surface area contributed by atoms with Crippen molar-refractivity contribution in [3.63, 3.8) is 0 Å². The molecule has 0 saturated heterocycles. The van der Waals surface area contributed by atoms with Crippen LogP contribution in [0.4, 0.5) is 5.69 Å². The van der Waals surface area contributed by atoms with Gasteiger partial charge in [0.1, 0.15) is 0 Å². The second kappa shape index (κ2) is 6.63. The molecule has 0 aromatic heterocycles. The first-order chi connectivity index (χ1) is 10.2. The normalized spacial score (nSPS) is 17.3. The lowest BCUT2D eigenvalue weighted by molar-refractivity contribution is 0.185. The smallest absolute Gasteiger partial charge is 0.0713 e. The number of methoxy groups -OCH3 is 1. The van der Waals surface area contributed by atoms with Gasteiger partial charge >= 0.3 is 0 Å². The minimum absolute atomic E-state index is 0.511. The van der Waals surface area contributed by atoms with Gasteiger partial charge in [0.25, 0.3) is 0 Å². The lowest BCUT2D eigenvalue weighted by atomic mass is 9.88. The average molecular weight is 346 g/mol. The summed E-state index contributed by atoms with van der Waals surface area (Å²) in [6.45, 7) is 0.664. The Morgan fingerprint density at radius 1 is 1.19 bits per heavy atom. The van der Waals surface area contributed by atoms with E-state index in [2.05, 4.69) is 63.7 Å². The number of hydrogen-bond donors (Lipinski definition) is 1. The molecule has 2 nitrogen and oxygen atoms in total. The molecule has 1 N–H and O–H groups in total. The van der Waals surface area contributed by atoms with Crippen LogP contribution in [0.15, 0.2) is 46.9 Å². The summed E-state index contributed by atoms with van der Waals surface area (Å²) in [4.78, 5) is 0. The molecule has 21 heavy (non-hydrogen) atoms. The molecule has 1 aliphatic rings. The van der Waals surface area contributed by atoms with Crippen molar-refractivity contribution in [2.24, 2.45) is 0 Å². The standard InChI is InChI=1S/C18H20BrNO/c1-21-12-13-3-2-4-17(9-13)20-18-8-6-14-10-16(19)7-5-15(14)11-18/h2-5,7,9-10,18,20H,6,8,11-12H2,1H3. The van der Waals surface area contributed by atoms with Gasteiger partial charge in [-0.3, -0.25) is 0 Å². The van der Waals surface area contributed by atoms with Crippen molar-refractivity contribution < 1.29 is 4.74 Å². The molecule has 1 atom stereocenters. The maximum atomic E-state index is 5.20. The molecule has 3 rings (SSSR count). The second-order valence-electron chi connectivity index (χ2n) is 5.63. The molecule has 0 heterocycles. The maximum absolute atomic E-state index is 5.20. The van der Waals surface area contributed by atoms with E-state index >= 15 is 0 Å². The van der Waals surface area contributed by atoms with E-state index in [0.29, 0.717) is 12.6 Å². The maximum Gasteiger partial charge on any atom is 0.0713 e. The third kappa shape index (κ3) is 3.66. The SMILES string of the molecule is COCc1cccc(NC2CCc3cc(Br)ccc3C2)c1. The Kier molecular flexibility index (Phi) is 4.61. The van der Waals surface area contributed by atoms with Crippen LogP contribution in [0.25, 0.3) is 0 Å². The van der Waals surface area contributed by atoms with E-state index in [1.165, 1.54) is 33.3 Å². The second-order valence-corrected chi connectivity index (χ2v) is 6.55. The minimum Gasteiger partial charge on any atom is -0.382 e. The van der Waals surface area contributed by atoms with Gasteiger partial charge in [-0.25, -0.2) is 0 Å². The van der Waals surface area contributed by atoms with Gasteiger partial charge in [-0.2, -0.15) is 0 Å². The average Bonchev–Trinajstić information content (AvgIpc) is 2.48. The summed E-state index contributed by atoms with van der Waals surface area (Å²) in [5.74, 6) is 0. The van der Waals surface area contributed by atoms with Gasteiger partial charge in [0.15, 0.2) is 0 Å². The van der Waals surface area contributed by atoms with Crippen LogP contribution in [0.2, 0.25) is 0 Å². The monoisotopic (exact) mass is 345 g/mol. The number of anilines is 1. The predicted octanol–water partition coefficient (Wildman–Crippen LogP) is 4.56. The molecular weight excluding hydrogens is 326 g/mol. The Labute approximate surface area is 134 Å². The highest BCUT2D eigenvalue weighted by Crippen LogP contribution is 2.26. The van der Waals surface area contributed by atoms with Crippen LogP contribution < -0.4 is 5.32 Å². The van der Waals surface area contributed by atoms with Crippen LogP contribution in [0.1, 0.15) is 23.1 Å². The van der Waals surface area contributed by atoms with Crippen LogP contribution >= 0.6 is 15.9 Å². The first-order valence-corrected chi connectivity index (χ1v) is 8.15. The fraction of sp³-hybridized carbons (Fsp3) is 0.333. The Morgan fingerprint density at radius 2 is 2.10 bits per heavy atom. The summed E-state index contributed by atoms with van der Waals surface area (Å²) in [6, 6.07) is 15.7. The van der Waals surface area contributed by atoms with Crippen molar-refractivity contribution in [1.29, 1.82) is 0 Å². The van der Waals surface area contributed by atoms with Crippen LogP contribution in [0.5, 0.6) is 0 Å². The highest BCUT2D eigenvalue weighted by atomic mass is 79.9. The number of halogens is 1. The van der Waals surface area contributed by atoms with E-state index in [1.54, 1.807) is 7.11 Å². The molecule has 0 bridgehead atoms. The van der Waals surface area contributed by atoms with Crippen LogP contribution in [0, 0.1) is 0 Å². The molecule has 0 aliphatic heterocycles. The molecule has 0 spiro atoms. The molecule has 1 aliphatic carbocycles. The highest BCUT2D eigenvalue weighted by molar-refractivity contribution is 9.10. The van der Waals surface area contributed by atoms with E-state index < -0.39 is 0 Å². The third-order valence-electron chi connectivity index (χ3n) is 4.01. The first-order valence-electron chi connectivity index (χ1n) is 7.36. The molecule has 0 fully saturated rings. The van der Waals surface area contributed by atoms with Crippen LogP contribution in [-0.4, -0.2) is 13.2 Å².